The number of carbonyl (C=O) groups is 1. The van der Waals surface area contributed by atoms with E-state index in [-0.39, 0.29) is 17.8 Å². The Morgan fingerprint density at radius 2 is 1.80 bits per heavy atom. The number of halogens is 1. The molecule has 234 valence electrons. The van der Waals surface area contributed by atoms with Gasteiger partial charge in [-0.25, -0.2) is 0 Å². The molecular weight excluding hydrogens is 550 g/mol. The highest BCUT2D eigenvalue weighted by Gasteiger charge is 2.43. The Balaban J connectivity index is 1.19. The number of rotatable bonds is 12. The van der Waals surface area contributed by atoms with Crippen molar-refractivity contribution in [2.45, 2.75) is 158 Å². The number of carbonyl (C=O) groups excluding carboxylic acids is 1. The third-order valence-corrected chi connectivity index (χ3v) is 14.0. The van der Waals surface area contributed by atoms with Crippen molar-refractivity contribution in [3.8, 4) is 0 Å². The lowest BCUT2D eigenvalue weighted by Crippen LogP contribution is -2.49. The predicted octanol–water partition coefficient (Wildman–Crippen LogP) is 6.62. The number of alkyl halides is 1. The van der Waals surface area contributed by atoms with Crippen molar-refractivity contribution in [1.82, 2.24) is 5.32 Å². The fraction of sp³-hybridized carbons (Fsp3) is 0.914. The molecule has 6 heteroatoms. The molecule has 0 bridgehead atoms. The monoisotopic (exact) mass is 605 g/mol. The van der Waals surface area contributed by atoms with Gasteiger partial charge in [0.25, 0.3) is 0 Å². The van der Waals surface area contributed by atoms with Crippen LogP contribution in [-0.2, 0) is 4.79 Å². The minimum Gasteiger partial charge on any atom is -0.850 e. The number of hydrogen-bond acceptors (Lipinski definition) is 5. The first-order chi connectivity index (χ1) is 19.6. The molecule has 4 nitrogen and oxygen atoms in total. The summed E-state index contributed by atoms with van der Waals surface area (Å²) in [5.74, 6) is 3.05. The number of carboxylic acids is 1. The Bertz CT molecular complexity index is 885. The largest absolute Gasteiger partial charge is 0.850 e. The summed E-state index contributed by atoms with van der Waals surface area (Å²) >= 11 is 8.59. The molecule has 9 atom stereocenters. The molecule has 5 fully saturated rings. The van der Waals surface area contributed by atoms with Gasteiger partial charge >= 0.3 is 0 Å². The quantitative estimate of drug-likeness (QED) is 0.200. The van der Waals surface area contributed by atoms with Crippen molar-refractivity contribution in [3.63, 3.8) is 0 Å². The zero-order valence-electron chi connectivity index (χ0n) is 25.8. The molecule has 0 radical (unpaired) electrons. The summed E-state index contributed by atoms with van der Waals surface area (Å²) in [6.07, 6.45) is 25.7. The Morgan fingerprint density at radius 1 is 1.02 bits per heavy atom. The predicted molar refractivity (Wildman–Crippen MR) is 168 cm³/mol. The van der Waals surface area contributed by atoms with Crippen LogP contribution in [0.15, 0.2) is 12.2 Å². The molecule has 0 aromatic rings. The highest BCUT2D eigenvalue weighted by Crippen LogP contribution is 2.53. The molecule has 5 aliphatic rings. The lowest BCUT2D eigenvalue weighted by molar-refractivity contribution is -0.485. The fourth-order valence-electron chi connectivity index (χ4n) is 9.15. The van der Waals surface area contributed by atoms with Crippen LogP contribution in [0.3, 0.4) is 0 Å². The SMILES string of the molecule is CC(C)([O-])C1CCCCC1CC[C@@H](SCC1(CC(=O)[O-])CC1)C1CCCC(/C=C/C2CCC3CCC(Cl)CC3N2)C1. The van der Waals surface area contributed by atoms with Crippen molar-refractivity contribution < 1.29 is 15.0 Å². The van der Waals surface area contributed by atoms with Crippen molar-refractivity contribution in [2.24, 2.45) is 35.0 Å². The highest BCUT2D eigenvalue weighted by atomic mass is 35.5. The van der Waals surface area contributed by atoms with E-state index in [1.54, 1.807) is 0 Å². The summed E-state index contributed by atoms with van der Waals surface area (Å²) in [7, 11) is 0. The maximum Gasteiger partial charge on any atom is 0.0420 e. The third-order valence-electron chi connectivity index (χ3n) is 11.8. The first-order valence-electron chi connectivity index (χ1n) is 17.2. The van der Waals surface area contributed by atoms with Crippen LogP contribution >= 0.6 is 23.4 Å². The molecule has 4 aliphatic carbocycles. The van der Waals surface area contributed by atoms with Crippen LogP contribution in [0.25, 0.3) is 0 Å². The van der Waals surface area contributed by atoms with Gasteiger partial charge in [-0.15, -0.1) is 17.2 Å². The van der Waals surface area contributed by atoms with Gasteiger partial charge in [0.1, 0.15) is 0 Å². The summed E-state index contributed by atoms with van der Waals surface area (Å²) in [5, 5.41) is 29.3. The smallest absolute Gasteiger partial charge is 0.0420 e. The van der Waals surface area contributed by atoms with E-state index in [9.17, 15) is 15.0 Å². The normalized spacial score (nSPS) is 38.3. The summed E-state index contributed by atoms with van der Waals surface area (Å²) in [6.45, 7) is 3.81. The van der Waals surface area contributed by atoms with E-state index in [0.29, 0.717) is 40.5 Å². The minimum atomic E-state index is -0.886. The van der Waals surface area contributed by atoms with Gasteiger partial charge in [0.2, 0.25) is 0 Å². The summed E-state index contributed by atoms with van der Waals surface area (Å²) in [5.41, 5.74) is -0.873. The number of thioether (sulfide) groups is 1. The van der Waals surface area contributed by atoms with E-state index in [1.807, 2.05) is 13.8 Å². The van der Waals surface area contributed by atoms with Crippen LogP contribution in [0.1, 0.15) is 129 Å². The van der Waals surface area contributed by atoms with E-state index in [1.165, 1.54) is 77.0 Å². The zero-order chi connectivity index (χ0) is 29.0. The van der Waals surface area contributed by atoms with Gasteiger partial charge in [0.15, 0.2) is 0 Å². The van der Waals surface area contributed by atoms with Gasteiger partial charge in [-0.3, -0.25) is 0 Å². The first-order valence-corrected chi connectivity index (χ1v) is 18.7. The van der Waals surface area contributed by atoms with Gasteiger partial charge in [0, 0.05) is 28.7 Å². The molecule has 0 amide bonds. The molecule has 0 spiro atoms. The van der Waals surface area contributed by atoms with E-state index in [0.717, 1.165) is 43.8 Å². The molecule has 0 aromatic carbocycles. The van der Waals surface area contributed by atoms with Crippen molar-refractivity contribution in [1.29, 1.82) is 0 Å². The molecule has 1 heterocycles. The maximum atomic E-state index is 13.0. The van der Waals surface area contributed by atoms with Crippen molar-refractivity contribution in [3.05, 3.63) is 12.2 Å². The van der Waals surface area contributed by atoms with Gasteiger partial charge in [0.05, 0.1) is 0 Å². The first kappa shape index (κ1) is 32.2. The number of hydrogen-bond donors (Lipinski definition) is 1. The van der Waals surface area contributed by atoms with Crippen molar-refractivity contribution in [2.75, 3.05) is 5.75 Å². The topological polar surface area (TPSA) is 75.2 Å². The average molecular weight is 606 g/mol. The molecule has 1 saturated heterocycles. The third kappa shape index (κ3) is 9.14. The summed E-state index contributed by atoms with van der Waals surface area (Å²) < 4.78 is 0. The Labute approximate surface area is 259 Å². The van der Waals surface area contributed by atoms with E-state index >= 15 is 0 Å². The number of piperidine rings is 1. The molecule has 5 rings (SSSR count). The molecule has 4 saturated carbocycles. The van der Waals surface area contributed by atoms with Crippen molar-refractivity contribution >= 4 is 29.3 Å². The van der Waals surface area contributed by atoms with Crippen LogP contribution in [0.2, 0.25) is 0 Å². The lowest BCUT2D eigenvalue weighted by atomic mass is 9.69. The molecule has 1 N–H and O–H groups in total. The average Bonchev–Trinajstić information content (AvgIpc) is 3.70. The highest BCUT2D eigenvalue weighted by molar-refractivity contribution is 7.99. The fourth-order valence-corrected chi connectivity index (χ4v) is 11.2. The van der Waals surface area contributed by atoms with Gasteiger partial charge in [-0.2, -0.15) is 11.8 Å². The second-order valence-corrected chi connectivity index (χ2v) is 17.3. The summed E-state index contributed by atoms with van der Waals surface area (Å²) in [6, 6.07) is 1.08. The number of allylic oxidation sites excluding steroid dienone is 1. The van der Waals surface area contributed by atoms with Crippen LogP contribution < -0.4 is 15.5 Å². The number of aliphatic carboxylic acids is 1. The zero-order valence-corrected chi connectivity index (χ0v) is 27.4. The van der Waals surface area contributed by atoms with Crippen LogP contribution in [0, 0.1) is 35.0 Å². The second kappa shape index (κ2) is 14.2. The van der Waals surface area contributed by atoms with Gasteiger partial charge in [-0.05, 0) is 124 Å². The van der Waals surface area contributed by atoms with Crippen LogP contribution in [0.4, 0.5) is 0 Å². The maximum absolute atomic E-state index is 13.0. The van der Waals surface area contributed by atoms with Gasteiger partial charge < -0.3 is 20.3 Å². The molecule has 1 aliphatic heterocycles. The Hall–Kier alpha value is -0.230. The molecular formula is C35H56ClNO3S-2. The Kier molecular flexibility index (Phi) is 11.2. The van der Waals surface area contributed by atoms with E-state index < -0.39 is 11.6 Å². The Morgan fingerprint density at radius 3 is 2.56 bits per heavy atom. The van der Waals surface area contributed by atoms with E-state index in [4.69, 9.17) is 11.6 Å². The minimum absolute atomic E-state index is 0.0221. The van der Waals surface area contributed by atoms with E-state index in [2.05, 4.69) is 29.2 Å². The summed E-state index contributed by atoms with van der Waals surface area (Å²) in [4.78, 5) is 11.4. The number of fused-ring (bicyclic) bond motifs is 1. The lowest BCUT2D eigenvalue weighted by Gasteiger charge is -2.48. The van der Waals surface area contributed by atoms with Crippen LogP contribution in [-0.4, -0.2) is 40.0 Å². The molecule has 0 aromatic heterocycles. The standard InChI is InChI=1S/C35H57ClNO3S/c1-34(2,40)30-9-4-3-7-25(30)13-17-32(41-23-35(18-19-35)22-33(38)39)27-8-5-6-24(20-27)10-15-29-16-12-26-11-14-28(36)21-31(26)37-29/h10,15,24-32,37H,3-9,11-14,16-23H2,1-2H3,(H,38,39)/q-1/p-1/b15-10+/t24?,25?,26?,27?,28?,29?,30?,31?,32-/m1/s1. The number of carboxylic acid groups (broad SMARTS) is 1. The molecule has 8 unspecified atom stereocenters. The van der Waals surface area contributed by atoms with Gasteiger partial charge in [-0.1, -0.05) is 58.1 Å². The second-order valence-electron chi connectivity index (χ2n) is 15.4. The molecule has 41 heavy (non-hydrogen) atoms. The number of nitrogens with one attached hydrogen (secondary N) is 1. The van der Waals surface area contributed by atoms with Crippen LogP contribution in [0.5, 0.6) is 0 Å².